The van der Waals surface area contributed by atoms with E-state index in [9.17, 15) is 4.79 Å². The van der Waals surface area contributed by atoms with Crippen LogP contribution in [-0.4, -0.2) is 18.6 Å². The van der Waals surface area contributed by atoms with Gasteiger partial charge in [-0.15, -0.1) is 0 Å². The second kappa shape index (κ2) is 5.82. The Balaban J connectivity index is 1.75. The van der Waals surface area contributed by atoms with Crippen LogP contribution >= 0.6 is 0 Å². The van der Waals surface area contributed by atoms with E-state index < -0.39 is 0 Å². The zero-order valence-corrected chi connectivity index (χ0v) is 10.2. The van der Waals surface area contributed by atoms with Gasteiger partial charge >= 0.3 is 0 Å². The maximum absolute atomic E-state index is 11.7. The number of amides is 1. The molecule has 1 amide bonds. The Morgan fingerprint density at radius 3 is 3.12 bits per heavy atom. The number of benzene rings is 1. The van der Waals surface area contributed by atoms with Gasteiger partial charge in [-0.2, -0.15) is 0 Å². The molecule has 1 aromatic rings. The molecule has 1 fully saturated rings. The van der Waals surface area contributed by atoms with Gasteiger partial charge in [0.15, 0.2) is 0 Å². The van der Waals surface area contributed by atoms with Crippen LogP contribution in [0.2, 0.25) is 0 Å². The Hall–Kier alpha value is -1.35. The Kier molecular flexibility index (Phi) is 4.15. The Labute approximate surface area is 102 Å². The van der Waals surface area contributed by atoms with Crippen LogP contribution in [0.3, 0.4) is 0 Å². The van der Waals surface area contributed by atoms with Gasteiger partial charge in [0.1, 0.15) is 0 Å². The highest BCUT2D eigenvalue weighted by atomic mass is 16.5. The van der Waals surface area contributed by atoms with Gasteiger partial charge in [-0.25, -0.2) is 0 Å². The first-order chi connectivity index (χ1) is 8.24. The number of rotatable bonds is 4. The highest BCUT2D eigenvalue weighted by Crippen LogP contribution is 2.15. The van der Waals surface area contributed by atoms with Crippen LogP contribution in [0, 0.1) is 6.92 Å². The van der Waals surface area contributed by atoms with Crippen molar-refractivity contribution in [1.29, 1.82) is 0 Å². The quantitative estimate of drug-likeness (QED) is 0.865. The molecule has 1 unspecified atom stereocenters. The first-order valence-electron chi connectivity index (χ1n) is 6.18. The molecule has 1 N–H and O–H groups in total. The largest absolute Gasteiger partial charge is 0.378 e. The molecule has 1 heterocycles. The van der Waals surface area contributed by atoms with Crippen molar-refractivity contribution in [2.24, 2.45) is 0 Å². The Morgan fingerprint density at radius 1 is 1.53 bits per heavy atom. The second-order valence-electron chi connectivity index (χ2n) is 4.60. The van der Waals surface area contributed by atoms with E-state index in [1.807, 2.05) is 12.1 Å². The van der Waals surface area contributed by atoms with Gasteiger partial charge in [-0.3, -0.25) is 4.79 Å². The van der Waals surface area contributed by atoms with E-state index >= 15 is 0 Å². The standard InChI is InChI=1S/C14H19NO2/c1-11-4-2-5-12(8-11)10-15-14(16)9-13-6-3-7-17-13/h2,4-5,8,13H,3,6-7,9-10H2,1H3,(H,15,16). The summed E-state index contributed by atoms with van der Waals surface area (Å²) in [7, 11) is 0. The van der Waals surface area contributed by atoms with Gasteiger partial charge in [0.05, 0.1) is 12.5 Å². The zero-order chi connectivity index (χ0) is 12.1. The summed E-state index contributed by atoms with van der Waals surface area (Å²) in [6.45, 7) is 3.46. The first kappa shape index (κ1) is 12.1. The number of aryl methyl sites for hydroxylation is 1. The fraction of sp³-hybridized carbons (Fsp3) is 0.500. The molecule has 1 atom stereocenters. The van der Waals surface area contributed by atoms with Crippen LogP contribution in [0.4, 0.5) is 0 Å². The third-order valence-corrected chi connectivity index (χ3v) is 3.01. The lowest BCUT2D eigenvalue weighted by Crippen LogP contribution is -2.26. The van der Waals surface area contributed by atoms with Gasteiger partial charge in [-0.1, -0.05) is 29.8 Å². The summed E-state index contributed by atoms with van der Waals surface area (Å²) in [4.78, 5) is 11.7. The first-order valence-corrected chi connectivity index (χ1v) is 6.18. The number of ether oxygens (including phenoxy) is 1. The number of carbonyl (C=O) groups excluding carboxylic acids is 1. The van der Waals surface area contributed by atoms with Crippen LogP contribution in [0.25, 0.3) is 0 Å². The van der Waals surface area contributed by atoms with Crippen LogP contribution in [0.5, 0.6) is 0 Å². The summed E-state index contributed by atoms with van der Waals surface area (Å²) >= 11 is 0. The summed E-state index contributed by atoms with van der Waals surface area (Å²) in [5, 5.41) is 2.93. The molecule has 17 heavy (non-hydrogen) atoms. The highest BCUT2D eigenvalue weighted by Gasteiger charge is 2.18. The molecule has 1 aliphatic rings. The molecule has 1 saturated heterocycles. The molecule has 0 radical (unpaired) electrons. The SMILES string of the molecule is Cc1cccc(CNC(=O)CC2CCCO2)c1. The summed E-state index contributed by atoms with van der Waals surface area (Å²) in [5.41, 5.74) is 2.36. The van der Waals surface area contributed by atoms with E-state index in [0.717, 1.165) is 25.0 Å². The van der Waals surface area contributed by atoms with Gasteiger partial charge < -0.3 is 10.1 Å². The Bertz CT molecular complexity index is 384. The summed E-state index contributed by atoms with van der Waals surface area (Å²) in [6, 6.07) is 8.18. The van der Waals surface area contributed by atoms with Crippen LogP contribution in [0.15, 0.2) is 24.3 Å². The van der Waals surface area contributed by atoms with Crippen molar-refractivity contribution in [3.8, 4) is 0 Å². The van der Waals surface area contributed by atoms with Crippen molar-refractivity contribution in [3.63, 3.8) is 0 Å². The zero-order valence-electron chi connectivity index (χ0n) is 10.2. The molecule has 3 nitrogen and oxygen atoms in total. The van der Waals surface area contributed by atoms with E-state index in [4.69, 9.17) is 4.74 Å². The maximum Gasteiger partial charge on any atom is 0.222 e. The van der Waals surface area contributed by atoms with Crippen molar-refractivity contribution in [2.75, 3.05) is 6.61 Å². The number of hydrogen-bond donors (Lipinski definition) is 1. The molecule has 1 aliphatic heterocycles. The number of carbonyl (C=O) groups is 1. The molecule has 92 valence electrons. The van der Waals surface area contributed by atoms with Crippen LogP contribution in [0.1, 0.15) is 30.4 Å². The van der Waals surface area contributed by atoms with Gasteiger partial charge in [0.2, 0.25) is 5.91 Å². The highest BCUT2D eigenvalue weighted by molar-refractivity contribution is 5.76. The molecule has 0 aliphatic carbocycles. The smallest absolute Gasteiger partial charge is 0.222 e. The van der Waals surface area contributed by atoms with Crippen molar-refractivity contribution in [1.82, 2.24) is 5.32 Å². The molecule has 0 bridgehead atoms. The van der Waals surface area contributed by atoms with E-state index in [2.05, 4.69) is 24.4 Å². The molecule has 3 heteroatoms. The van der Waals surface area contributed by atoms with E-state index in [1.54, 1.807) is 0 Å². The van der Waals surface area contributed by atoms with E-state index in [0.29, 0.717) is 13.0 Å². The van der Waals surface area contributed by atoms with E-state index in [1.165, 1.54) is 5.56 Å². The van der Waals surface area contributed by atoms with Crippen molar-refractivity contribution < 1.29 is 9.53 Å². The average Bonchev–Trinajstić information content (AvgIpc) is 2.79. The molecule has 0 aromatic heterocycles. The molecular weight excluding hydrogens is 214 g/mol. The number of hydrogen-bond acceptors (Lipinski definition) is 2. The second-order valence-corrected chi connectivity index (χ2v) is 4.60. The third kappa shape index (κ3) is 3.86. The van der Waals surface area contributed by atoms with Gasteiger partial charge in [0.25, 0.3) is 0 Å². The fourth-order valence-corrected chi connectivity index (χ4v) is 2.11. The maximum atomic E-state index is 11.7. The topological polar surface area (TPSA) is 38.3 Å². The van der Waals surface area contributed by atoms with Gasteiger partial charge in [-0.05, 0) is 25.3 Å². The molecule has 1 aromatic carbocycles. The van der Waals surface area contributed by atoms with Crippen LogP contribution < -0.4 is 5.32 Å². The minimum Gasteiger partial charge on any atom is -0.378 e. The lowest BCUT2D eigenvalue weighted by Gasteiger charge is -2.10. The summed E-state index contributed by atoms with van der Waals surface area (Å²) in [5.74, 6) is 0.0819. The summed E-state index contributed by atoms with van der Waals surface area (Å²) < 4.78 is 5.43. The van der Waals surface area contributed by atoms with E-state index in [-0.39, 0.29) is 12.0 Å². The van der Waals surface area contributed by atoms with Crippen molar-refractivity contribution in [2.45, 2.75) is 38.8 Å². The summed E-state index contributed by atoms with van der Waals surface area (Å²) in [6.07, 6.45) is 2.71. The average molecular weight is 233 g/mol. The lowest BCUT2D eigenvalue weighted by atomic mass is 10.1. The van der Waals surface area contributed by atoms with Gasteiger partial charge in [0, 0.05) is 13.2 Å². The van der Waals surface area contributed by atoms with Crippen molar-refractivity contribution >= 4 is 5.91 Å². The predicted octanol–water partition coefficient (Wildman–Crippen LogP) is 2.18. The normalized spacial score (nSPS) is 19.2. The fourth-order valence-electron chi connectivity index (χ4n) is 2.11. The van der Waals surface area contributed by atoms with Crippen LogP contribution in [-0.2, 0) is 16.1 Å². The minimum absolute atomic E-state index is 0.0819. The molecule has 2 rings (SSSR count). The third-order valence-electron chi connectivity index (χ3n) is 3.01. The molecule has 0 saturated carbocycles. The lowest BCUT2D eigenvalue weighted by molar-refractivity contribution is -0.123. The molecular formula is C14H19NO2. The minimum atomic E-state index is 0.0819. The predicted molar refractivity (Wildman–Crippen MR) is 66.6 cm³/mol. The van der Waals surface area contributed by atoms with Crippen molar-refractivity contribution in [3.05, 3.63) is 35.4 Å². The monoisotopic (exact) mass is 233 g/mol. The number of nitrogens with one attached hydrogen (secondary N) is 1. The molecule has 0 spiro atoms. The Morgan fingerprint density at radius 2 is 2.41 bits per heavy atom.